The molecular weight excluding hydrogens is 258 g/mol. The normalized spacial score (nSPS) is 16.1. The summed E-state index contributed by atoms with van der Waals surface area (Å²) in [5.41, 5.74) is 3.02. The molecule has 2 nitrogen and oxygen atoms in total. The molecular formula is C19H20NO. The Kier molecular flexibility index (Phi) is 3.54. The van der Waals surface area contributed by atoms with Gasteiger partial charge in [-0.1, -0.05) is 36.4 Å². The largest absolute Gasteiger partial charge is 0.329 e. The molecule has 0 aromatic heterocycles. The van der Waals surface area contributed by atoms with Crippen LogP contribution in [0.4, 0.5) is 0 Å². The summed E-state index contributed by atoms with van der Waals surface area (Å²) in [6.45, 7) is 5.02. The van der Waals surface area contributed by atoms with Crippen molar-refractivity contribution < 1.29 is 4.79 Å². The summed E-state index contributed by atoms with van der Waals surface area (Å²) in [4.78, 5) is 14.6. The van der Waals surface area contributed by atoms with E-state index in [0.717, 1.165) is 30.5 Å². The van der Waals surface area contributed by atoms with Crippen LogP contribution in [0.3, 0.4) is 0 Å². The first-order valence-corrected chi connectivity index (χ1v) is 7.47. The van der Waals surface area contributed by atoms with E-state index in [4.69, 9.17) is 0 Å². The average Bonchev–Trinajstić information content (AvgIpc) is 2.70. The minimum atomic E-state index is -0.235. The molecule has 2 aromatic carbocycles. The van der Waals surface area contributed by atoms with Gasteiger partial charge in [-0.05, 0) is 56.0 Å². The molecule has 0 spiro atoms. The fraction of sp³-hybridized carbons (Fsp3) is 0.316. The summed E-state index contributed by atoms with van der Waals surface area (Å²) in [5, 5.41) is 0. The van der Waals surface area contributed by atoms with E-state index >= 15 is 0 Å². The van der Waals surface area contributed by atoms with Crippen molar-refractivity contribution in [3.05, 3.63) is 71.3 Å². The van der Waals surface area contributed by atoms with Gasteiger partial charge in [0.25, 0.3) is 5.91 Å². The van der Waals surface area contributed by atoms with E-state index in [1.165, 1.54) is 5.56 Å². The number of nitrogens with zero attached hydrogens (tertiary/aromatic N) is 1. The van der Waals surface area contributed by atoms with Gasteiger partial charge in [0.1, 0.15) is 0 Å². The maximum absolute atomic E-state index is 12.6. The number of benzene rings is 2. The quantitative estimate of drug-likeness (QED) is 0.832. The summed E-state index contributed by atoms with van der Waals surface area (Å²) in [6, 6.07) is 19.2. The standard InChI is InChI=1S/C19H20NO/c1-19(2)17-13-7-6-12-16(17)18(21)20(19)14-8-11-15-9-4-3-5-10-15/h3-6,9-10,12-13H,8,11,14H2,1-2H3. The van der Waals surface area contributed by atoms with Gasteiger partial charge in [0.15, 0.2) is 0 Å². The summed E-state index contributed by atoms with van der Waals surface area (Å²) in [5.74, 6) is 0.150. The zero-order valence-corrected chi connectivity index (χ0v) is 12.6. The van der Waals surface area contributed by atoms with Crippen LogP contribution in [0.5, 0.6) is 0 Å². The highest BCUT2D eigenvalue weighted by molar-refractivity contribution is 5.99. The second kappa shape index (κ2) is 5.36. The van der Waals surface area contributed by atoms with Crippen LogP contribution in [0, 0.1) is 6.07 Å². The number of hydrogen-bond acceptors (Lipinski definition) is 1. The second-order valence-electron chi connectivity index (χ2n) is 6.08. The molecule has 2 aromatic rings. The lowest BCUT2D eigenvalue weighted by molar-refractivity contribution is 0.0615. The van der Waals surface area contributed by atoms with E-state index in [9.17, 15) is 4.79 Å². The summed E-state index contributed by atoms with van der Waals surface area (Å²) in [7, 11) is 0. The molecule has 0 unspecified atom stereocenters. The van der Waals surface area contributed by atoms with Crippen molar-refractivity contribution in [3.8, 4) is 0 Å². The first-order valence-electron chi connectivity index (χ1n) is 7.47. The van der Waals surface area contributed by atoms with Crippen molar-refractivity contribution in [2.45, 2.75) is 32.2 Å². The van der Waals surface area contributed by atoms with Gasteiger partial charge in [0.2, 0.25) is 0 Å². The molecule has 0 saturated heterocycles. The molecule has 0 aliphatic carbocycles. The van der Waals surface area contributed by atoms with Gasteiger partial charge in [-0.25, -0.2) is 0 Å². The Balaban J connectivity index is 1.71. The van der Waals surface area contributed by atoms with Crippen molar-refractivity contribution in [2.24, 2.45) is 0 Å². The number of carbonyl (C=O) groups excluding carboxylic acids is 1. The highest BCUT2D eigenvalue weighted by Crippen LogP contribution is 2.38. The maximum Gasteiger partial charge on any atom is 0.254 e. The highest BCUT2D eigenvalue weighted by Gasteiger charge is 2.41. The van der Waals surface area contributed by atoms with Crippen LogP contribution < -0.4 is 0 Å². The minimum absolute atomic E-state index is 0.150. The van der Waals surface area contributed by atoms with Gasteiger partial charge < -0.3 is 4.90 Å². The van der Waals surface area contributed by atoms with Gasteiger partial charge in [-0.2, -0.15) is 0 Å². The van der Waals surface area contributed by atoms with Crippen molar-refractivity contribution in [3.63, 3.8) is 0 Å². The lowest BCUT2D eigenvalue weighted by atomic mass is 9.94. The van der Waals surface area contributed by atoms with E-state index in [2.05, 4.69) is 44.2 Å². The molecule has 0 saturated carbocycles. The van der Waals surface area contributed by atoms with Gasteiger partial charge >= 0.3 is 0 Å². The molecule has 1 radical (unpaired) electrons. The number of hydrogen-bond donors (Lipinski definition) is 0. The number of fused-ring (bicyclic) bond motifs is 1. The molecule has 1 heterocycles. The molecule has 0 fully saturated rings. The molecule has 0 N–H and O–H groups in total. The molecule has 2 heteroatoms. The van der Waals surface area contributed by atoms with Crippen LogP contribution in [-0.2, 0) is 12.0 Å². The zero-order valence-electron chi connectivity index (χ0n) is 12.6. The SMILES string of the molecule is CC1(C)c2c[c]ccc2C(=O)N1CCCc1ccccc1. The zero-order chi connectivity index (χ0) is 14.9. The fourth-order valence-electron chi connectivity index (χ4n) is 3.13. The monoisotopic (exact) mass is 278 g/mol. The number of amides is 1. The first kappa shape index (κ1) is 13.9. The lowest BCUT2D eigenvalue weighted by Crippen LogP contribution is -2.39. The Morgan fingerprint density at radius 2 is 1.90 bits per heavy atom. The van der Waals surface area contributed by atoms with Gasteiger partial charge in [0, 0.05) is 12.1 Å². The van der Waals surface area contributed by atoms with E-state index in [1.54, 1.807) is 0 Å². The minimum Gasteiger partial charge on any atom is -0.329 e. The predicted octanol–water partition coefficient (Wildman–Crippen LogP) is 3.81. The Morgan fingerprint density at radius 1 is 1.14 bits per heavy atom. The van der Waals surface area contributed by atoms with E-state index in [0.29, 0.717) is 0 Å². The van der Waals surface area contributed by atoms with Crippen molar-refractivity contribution in [1.29, 1.82) is 0 Å². The maximum atomic E-state index is 12.6. The predicted molar refractivity (Wildman–Crippen MR) is 84.1 cm³/mol. The van der Waals surface area contributed by atoms with Crippen molar-refractivity contribution in [1.82, 2.24) is 4.90 Å². The van der Waals surface area contributed by atoms with Crippen molar-refractivity contribution >= 4 is 5.91 Å². The molecule has 21 heavy (non-hydrogen) atoms. The fourth-order valence-corrected chi connectivity index (χ4v) is 3.13. The molecule has 3 rings (SSSR count). The third-order valence-electron chi connectivity index (χ3n) is 4.36. The lowest BCUT2D eigenvalue weighted by Gasteiger charge is -2.32. The molecule has 1 aliphatic heterocycles. The Morgan fingerprint density at radius 3 is 2.62 bits per heavy atom. The van der Waals surface area contributed by atoms with Crippen LogP contribution in [0.15, 0.2) is 48.5 Å². The molecule has 0 atom stereocenters. The number of aryl methyl sites for hydroxylation is 1. The van der Waals surface area contributed by atoms with Crippen LogP contribution in [0.2, 0.25) is 0 Å². The van der Waals surface area contributed by atoms with Crippen LogP contribution in [-0.4, -0.2) is 17.4 Å². The summed E-state index contributed by atoms with van der Waals surface area (Å²) in [6.07, 6.45) is 1.99. The molecule has 1 amide bonds. The third-order valence-corrected chi connectivity index (χ3v) is 4.36. The first-order chi connectivity index (χ1) is 10.1. The topological polar surface area (TPSA) is 20.3 Å². The van der Waals surface area contributed by atoms with E-state index < -0.39 is 0 Å². The summed E-state index contributed by atoms with van der Waals surface area (Å²) >= 11 is 0. The van der Waals surface area contributed by atoms with Gasteiger partial charge in [-0.15, -0.1) is 0 Å². The third kappa shape index (κ3) is 2.46. The number of carbonyl (C=O) groups is 1. The van der Waals surface area contributed by atoms with E-state index in [-0.39, 0.29) is 11.4 Å². The van der Waals surface area contributed by atoms with Crippen LogP contribution in [0.25, 0.3) is 0 Å². The highest BCUT2D eigenvalue weighted by atomic mass is 16.2. The van der Waals surface area contributed by atoms with Crippen LogP contribution >= 0.6 is 0 Å². The van der Waals surface area contributed by atoms with Gasteiger partial charge in [0.05, 0.1) is 5.54 Å². The van der Waals surface area contributed by atoms with Gasteiger partial charge in [-0.3, -0.25) is 4.79 Å². The molecule has 0 bridgehead atoms. The van der Waals surface area contributed by atoms with Crippen LogP contribution in [0.1, 0.15) is 41.8 Å². The average molecular weight is 278 g/mol. The molecule has 1 aliphatic rings. The Labute approximate surface area is 126 Å². The molecule has 107 valence electrons. The number of rotatable bonds is 4. The smallest absolute Gasteiger partial charge is 0.254 e. The second-order valence-corrected chi connectivity index (χ2v) is 6.08. The van der Waals surface area contributed by atoms with Crippen molar-refractivity contribution in [2.75, 3.05) is 6.54 Å². The Bertz CT molecular complexity index is 646. The Hall–Kier alpha value is -2.09. The van der Waals surface area contributed by atoms with E-state index in [1.807, 2.05) is 29.2 Å². The summed E-state index contributed by atoms with van der Waals surface area (Å²) < 4.78 is 0.